The summed E-state index contributed by atoms with van der Waals surface area (Å²) < 4.78 is 17.8. The molecule has 1 aromatic rings. The molecule has 4 N–H and O–H groups in total. The van der Waals surface area contributed by atoms with E-state index in [0.717, 1.165) is 17.7 Å². The number of ether oxygens (including phenoxy) is 3. The fourth-order valence-corrected chi connectivity index (χ4v) is 6.98. The summed E-state index contributed by atoms with van der Waals surface area (Å²) in [6.07, 6.45) is -0.758. The van der Waals surface area contributed by atoms with Crippen molar-refractivity contribution in [1.82, 2.24) is 10.2 Å². The van der Waals surface area contributed by atoms with Crippen LogP contribution < -0.4 is 14.8 Å². The number of aliphatic carboxylic acids is 1. The Morgan fingerprint density at radius 3 is 2.70 bits per heavy atom. The fourth-order valence-electron chi connectivity index (χ4n) is 6.98. The molecule has 4 aliphatic rings. The van der Waals surface area contributed by atoms with Crippen molar-refractivity contribution < 1.29 is 43.9 Å². The summed E-state index contributed by atoms with van der Waals surface area (Å²) in [7, 11) is 3.54. The molecule has 37 heavy (non-hydrogen) atoms. The van der Waals surface area contributed by atoms with Gasteiger partial charge in [0.05, 0.1) is 24.5 Å². The van der Waals surface area contributed by atoms with Gasteiger partial charge in [0.15, 0.2) is 23.7 Å². The molecule has 0 bridgehead atoms. The minimum Gasteiger partial charge on any atom is -0.493 e. The zero-order chi connectivity index (χ0) is 26.9. The minimum atomic E-state index is -1.87. The number of fused-ring (bicyclic) bond motifs is 3. The Labute approximate surface area is 214 Å². The maximum absolute atomic E-state index is 13.0. The van der Waals surface area contributed by atoms with Crippen LogP contribution in [0.4, 0.5) is 0 Å². The van der Waals surface area contributed by atoms with Gasteiger partial charge in [-0.2, -0.15) is 0 Å². The predicted molar refractivity (Wildman–Crippen MR) is 128 cm³/mol. The van der Waals surface area contributed by atoms with E-state index in [-0.39, 0.29) is 24.1 Å². The summed E-state index contributed by atoms with van der Waals surface area (Å²) in [5.74, 6) is -1.54. The lowest BCUT2D eigenvalue weighted by Gasteiger charge is -2.52. The first-order chi connectivity index (χ1) is 17.4. The number of methoxy groups -OCH3 is 1. The molecule has 0 radical (unpaired) electrons. The Kier molecular flexibility index (Phi) is 6.00. The normalized spacial score (nSPS) is 32.8. The minimum absolute atomic E-state index is 0.0671. The average molecular weight is 517 g/mol. The van der Waals surface area contributed by atoms with Gasteiger partial charge in [-0.3, -0.25) is 9.69 Å². The Bertz CT molecular complexity index is 1200. The highest BCUT2D eigenvalue weighted by molar-refractivity contribution is 5.87. The molecule has 2 aliphatic heterocycles. The molecule has 2 aliphatic carbocycles. The first kappa shape index (κ1) is 25.5. The van der Waals surface area contributed by atoms with Gasteiger partial charge in [0, 0.05) is 24.6 Å². The van der Waals surface area contributed by atoms with Crippen molar-refractivity contribution in [2.24, 2.45) is 5.92 Å². The number of hydrogen-bond donors (Lipinski definition) is 4. The Morgan fingerprint density at radius 1 is 1.32 bits per heavy atom. The first-order valence-electron chi connectivity index (χ1n) is 12.3. The predicted octanol–water partition coefficient (Wildman–Crippen LogP) is 0.239. The van der Waals surface area contributed by atoms with Crippen LogP contribution in [0.15, 0.2) is 24.0 Å². The molecule has 11 nitrogen and oxygen atoms in total. The number of carboxylic acids is 1. The highest BCUT2D eigenvalue weighted by Gasteiger charge is 2.76. The van der Waals surface area contributed by atoms with Crippen molar-refractivity contribution >= 4 is 17.8 Å². The average Bonchev–Trinajstić information content (AvgIpc) is 3.28. The molecule has 2 fully saturated rings. The van der Waals surface area contributed by atoms with Gasteiger partial charge in [-0.15, -0.1) is 0 Å². The Hall–Kier alpha value is -3.15. The van der Waals surface area contributed by atoms with Gasteiger partial charge in [0.1, 0.15) is 11.8 Å². The maximum atomic E-state index is 13.0. The number of carboxylic acid groups (broad SMARTS) is 1. The largest absolute Gasteiger partial charge is 0.493 e. The van der Waals surface area contributed by atoms with E-state index in [2.05, 4.69) is 10.2 Å². The number of aliphatic hydroxyl groups excluding tert-OH is 1. The molecular weight excluding hydrogens is 484 g/mol. The molecule has 1 saturated heterocycles. The lowest BCUT2D eigenvalue weighted by atomic mass is 9.60. The van der Waals surface area contributed by atoms with E-state index in [0.29, 0.717) is 17.9 Å². The molecule has 1 spiro atoms. The van der Waals surface area contributed by atoms with E-state index in [9.17, 15) is 24.6 Å². The lowest BCUT2D eigenvalue weighted by Crippen LogP contribution is -2.67. The third-order valence-electron chi connectivity index (χ3n) is 8.46. The van der Waals surface area contributed by atoms with E-state index in [1.807, 2.05) is 26.1 Å². The van der Waals surface area contributed by atoms with E-state index in [1.165, 1.54) is 6.92 Å². The van der Waals surface area contributed by atoms with Gasteiger partial charge in [-0.1, -0.05) is 6.07 Å². The molecule has 200 valence electrons. The second kappa shape index (κ2) is 8.71. The van der Waals surface area contributed by atoms with Crippen molar-refractivity contribution in [2.45, 2.75) is 68.4 Å². The molecule has 0 aromatic heterocycles. The zero-order valence-corrected chi connectivity index (χ0v) is 21.2. The summed E-state index contributed by atoms with van der Waals surface area (Å²) in [6, 6.07) is 2.57. The number of nitrogens with zero attached hydrogens (tertiary/aromatic N) is 1. The molecule has 1 unspecified atom stereocenters. The molecule has 1 amide bonds. The van der Waals surface area contributed by atoms with Crippen molar-refractivity contribution in [2.75, 3.05) is 20.7 Å². The second-order valence-electron chi connectivity index (χ2n) is 10.6. The summed E-state index contributed by atoms with van der Waals surface area (Å²) >= 11 is 0. The van der Waals surface area contributed by atoms with Gasteiger partial charge in [-0.05, 0) is 50.9 Å². The first-order valence-corrected chi connectivity index (χ1v) is 12.3. The van der Waals surface area contributed by atoms with Crippen LogP contribution in [0.5, 0.6) is 11.5 Å². The van der Waals surface area contributed by atoms with Crippen molar-refractivity contribution in [3.63, 3.8) is 0 Å². The van der Waals surface area contributed by atoms with Gasteiger partial charge in [0.25, 0.3) is 0 Å². The molecule has 2 heterocycles. The number of amides is 1. The van der Waals surface area contributed by atoms with Crippen LogP contribution in [-0.4, -0.2) is 88.7 Å². The number of rotatable bonds is 7. The van der Waals surface area contributed by atoms with Crippen LogP contribution in [0.2, 0.25) is 0 Å². The van der Waals surface area contributed by atoms with E-state index < -0.39 is 53.5 Å². The Morgan fingerprint density at radius 2 is 2.05 bits per heavy atom. The number of aryl methyl sites for hydroxylation is 1. The lowest BCUT2D eigenvalue weighted by molar-refractivity contribution is -0.151. The van der Waals surface area contributed by atoms with Crippen LogP contribution in [0.1, 0.15) is 37.3 Å². The van der Waals surface area contributed by atoms with Crippen LogP contribution in [-0.2, 0) is 24.5 Å². The molecular formula is C26H32N2O9. The number of aliphatic hydroxyl groups is 2. The standard InChI is InChI=1S/C26H32N2O9/c1-12-5-6-16(35-4)20-19(12)25-10-14-11-28(3)21(14)26(25,34)8-7-17(22(25)37-20)36-24(33)13(2)27-18(30)9-15(29)23(31)32/h5-7,13-15,21-22,29,34H,8-11H2,1-4H3,(H,27,30)(H,31,32)/t13-,14?,15-,21+,22-,25-,26+/m0/s1. The summed E-state index contributed by atoms with van der Waals surface area (Å²) in [4.78, 5) is 38.0. The fraction of sp³-hybridized carbons (Fsp3) is 0.577. The number of likely N-dealkylation sites (N-methyl/N-ethyl adjacent to an activating group) is 1. The van der Waals surface area contributed by atoms with E-state index in [1.54, 1.807) is 13.2 Å². The number of carbonyl (C=O) groups is 3. The smallest absolute Gasteiger partial charge is 0.333 e. The van der Waals surface area contributed by atoms with Gasteiger partial charge in [0.2, 0.25) is 5.91 Å². The third kappa shape index (κ3) is 3.55. The number of benzene rings is 1. The van der Waals surface area contributed by atoms with Gasteiger partial charge >= 0.3 is 11.9 Å². The van der Waals surface area contributed by atoms with E-state index in [4.69, 9.17) is 19.3 Å². The van der Waals surface area contributed by atoms with Crippen LogP contribution in [0.25, 0.3) is 0 Å². The molecule has 11 heteroatoms. The molecule has 1 aromatic carbocycles. The van der Waals surface area contributed by atoms with Gasteiger partial charge in [-0.25, -0.2) is 9.59 Å². The number of esters is 1. The van der Waals surface area contributed by atoms with Crippen molar-refractivity contribution in [3.8, 4) is 11.5 Å². The number of nitrogens with one attached hydrogen (secondary N) is 1. The number of carbonyl (C=O) groups excluding carboxylic acids is 2. The highest BCUT2D eigenvalue weighted by atomic mass is 16.6. The topological polar surface area (TPSA) is 155 Å². The second-order valence-corrected chi connectivity index (χ2v) is 10.6. The van der Waals surface area contributed by atoms with Crippen LogP contribution in [0, 0.1) is 12.8 Å². The SMILES string of the molecule is COc1ccc(C)c2c1O[C@H]1C(OC(=O)[C@H](C)NC(=O)C[C@H](O)C(=O)O)=CC[C@@]3(O)[C@H]4C(CN4C)C[C@]213. The van der Waals surface area contributed by atoms with Gasteiger partial charge < -0.3 is 34.8 Å². The number of hydrogen-bond acceptors (Lipinski definition) is 9. The monoisotopic (exact) mass is 516 g/mol. The van der Waals surface area contributed by atoms with Crippen LogP contribution >= 0.6 is 0 Å². The molecule has 1 saturated carbocycles. The summed E-state index contributed by atoms with van der Waals surface area (Å²) in [5, 5.41) is 32.8. The quantitative estimate of drug-likeness (QED) is 0.371. The van der Waals surface area contributed by atoms with E-state index >= 15 is 0 Å². The van der Waals surface area contributed by atoms with Crippen LogP contribution in [0.3, 0.4) is 0 Å². The maximum Gasteiger partial charge on any atom is 0.333 e. The Balaban J connectivity index is 1.45. The van der Waals surface area contributed by atoms with Crippen molar-refractivity contribution in [1.29, 1.82) is 0 Å². The third-order valence-corrected chi connectivity index (χ3v) is 8.46. The summed E-state index contributed by atoms with van der Waals surface area (Å²) in [6.45, 7) is 4.22. The highest BCUT2D eigenvalue weighted by Crippen LogP contribution is 2.68. The number of likely N-dealkylation sites (tertiary alicyclic amines) is 1. The zero-order valence-electron chi connectivity index (χ0n) is 21.2. The molecule has 5 rings (SSSR count). The molecule has 7 atom stereocenters. The van der Waals surface area contributed by atoms with Crippen molar-refractivity contribution in [3.05, 3.63) is 35.1 Å². The summed E-state index contributed by atoms with van der Waals surface area (Å²) in [5.41, 5.74) is -0.192.